The van der Waals surface area contributed by atoms with E-state index in [1.165, 1.54) is 12.8 Å². The van der Waals surface area contributed by atoms with Crippen LogP contribution in [0.3, 0.4) is 0 Å². The molecule has 0 aromatic heterocycles. The summed E-state index contributed by atoms with van der Waals surface area (Å²) in [5.41, 5.74) is 5.45. The maximum absolute atomic E-state index is 11.3. The number of rotatable bonds is 4. The molecule has 2 rings (SSSR count). The summed E-state index contributed by atoms with van der Waals surface area (Å²) in [7, 11) is 0. The molecule has 1 saturated carbocycles. The number of hydrogen-bond donors (Lipinski definition) is 2. The van der Waals surface area contributed by atoms with Gasteiger partial charge in [0, 0.05) is 31.4 Å². The summed E-state index contributed by atoms with van der Waals surface area (Å²) in [6.45, 7) is 7.90. The van der Waals surface area contributed by atoms with E-state index >= 15 is 0 Å². The van der Waals surface area contributed by atoms with E-state index < -0.39 is 5.60 Å². The maximum atomic E-state index is 11.3. The Kier molecular flexibility index (Phi) is 4.59. The summed E-state index contributed by atoms with van der Waals surface area (Å²) in [4.78, 5) is 0. The van der Waals surface area contributed by atoms with Gasteiger partial charge in [0.2, 0.25) is 0 Å². The highest BCUT2D eigenvalue weighted by atomic mass is 16.5. The second-order valence-electron chi connectivity index (χ2n) is 7.14. The molecular weight excluding hydrogens is 238 g/mol. The summed E-state index contributed by atoms with van der Waals surface area (Å²) < 4.78 is 5.84. The molecule has 3 N–H and O–H groups in total. The molecule has 112 valence electrons. The van der Waals surface area contributed by atoms with E-state index in [4.69, 9.17) is 10.5 Å². The molecule has 0 spiro atoms. The van der Waals surface area contributed by atoms with E-state index in [1.54, 1.807) is 0 Å². The quantitative estimate of drug-likeness (QED) is 0.825. The first-order valence-electron chi connectivity index (χ1n) is 8.00. The molecule has 3 heteroatoms. The molecule has 1 heterocycles. The zero-order chi connectivity index (χ0) is 14.1. The van der Waals surface area contributed by atoms with Crippen molar-refractivity contribution in [2.75, 3.05) is 13.2 Å². The average molecular weight is 269 g/mol. The molecule has 0 radical (unpaired) electrons. The molecule has 19 heavy (non-hydrogen) atoms. The van der Waals surface area contributed by atoms with Crippen LogP contribution in [0.25, 0.3) is 0 Å². The van der Waals surface area contributed by atoms with Crippen LogP contribution >= 0.6 is 0 Å². The van der Waals surface area contributed by atoms with Crippen LogP contribution in [-0.4, -0.2) is 30.0 Å². The van der Waals surface area contributed by atoms with Gasteiger partial charge in [0.15, 0.2) is 0 Å². The molecule has 0 amide bonds. The van der Waals surface area contributed by atoms with E-state index in [-0.39, 0.29) is 11.5 Å². The lowest BCUT2D eigenvalue weighted by molar-refractivity contribution is -0.173. The van der Waals surface area contributed by atoms with Crippen LogP contribution in [0, 0.1) is 17.3 Å². The van der Waals surface area contributed by atoms with Gasteiger partial charge in [0.1, 0.15) is 0 Å². The van der Waals surface area contributed by atoms with Crippen LogP contribution in [0.15, 0.2) is 0 Å². The van der Waals surface area contributed by atoms with E-state index in [1.807, 2.05) is 0 Å². The van der Waals surface area contributed by atoms with Crippen molar-refractivity contribution in [1.82, 2.24) is 0 Å². The van der Waals surface area contributed by atoms with Gasteiger partial charge in [0.25, 0.3) is 0 Å². The highest BCUT2D eigenvalue weighted by Gasteiger charge is 2.54. The van der Waals surface area contributed by atoms with Crippen LogP contribution in [0.1, 0.15) is 59.3 Å². The molecule has 1 aliphatic heterocycles. The van der Waals surface area contributed by atoms with Crippen molar-refractivity contribution in [3.63, 3.8) is 0 Å². The second kappa shape index (κ2) is 5.71. The van der Waals surface area contributed by atoms with E-state index in [0.29, 0.717) is 19.1 Å². The van der Waals surface area contributed by atoms with E-state index in [9.17, 15) is 5.11 Å². The third kappa shape index (κ3) is 2.70. The Labute approximate surface area is 117 Å². The Hall–Kier alpha value is -0.120. The fraction of sp³-hybridized carbons (Fsp3) is 1.00. The van der Waals surface area contributed by atoms with Gasteiger partial charge in [-0.05, 0) is 31.1 Å². The van der Waals surface area contributed by atoms with Gasteiger partial charge < -0.3 is 15.6 Å². The summed E-state index contributed by atoms with van der Waals surface area (Å²) in [5, 5.41) is 11.3. The van der Waals surface area contributed by atoms with Crippen LogP contribution in [-0.2, 0) is 4.74 Å². The number of aliphatic hydroxyl groups is 1. The second-order valence-corrected chi connectivity index (χ2v) is 7.14. The van der Waals surface area contributed by atoms with Gasteiger partial charge in [-0.25, -0.2) is 0 Å². The zero-order valence-corrected chi connectivity index (χ0v) is 12.8. The smallest absolute Gasteiger partial charge is 0.0762 e. The van der Waals surface area contributed by atoms with Gasteiger partial charge >= 0.3 is 0 Å². The average Bonchev–Trinajstić information content (AvgIpc) is 2.84. The predicted molar refractivity (Wildman–Crippen MR) is 77.9 cm³/mol. The lowest BCUT2D eigenvalue weighted by Crippen LogP contribution is -2.56. The third-order valence-corrected chi connectivity index (χ3v) is 5.80. The molecule has 4 unspecified atom stereocenters. The van der Waals surface area contributed by atoms with Gasteiger partial charge in [-0.3, -0.25) is 0 Å². The van der Waals surface area contributed by atoms with Gasteiger partial charge in [-0.1, -0.05) is 27.2 Å². The molecule has 3 nitrogen and oxygen atoms in total. The maximum Gasteiger partial charge on any atom is 0.0762 e. The van der Waals surface area contributed by atoms with Crippen molar-refractivity contribution in [3.8, 4) is 0 Å². The lowest BCUT2D eigenvalue weighted by Gasteiger charge is -2.50. The molecule has 2 fully saturated rings. The molecule has 0 aromatic rings. The summed E-state index contributed by atoms with van der Waals surface area (Å²) in [6, 6.07) is 0. The van der Waals surface area contributed by atoms with Crippen molar-refractivity contribution in [2.45, 2.75) is 71.0 Å². The standard InChI is InChI=1S/C16H31NO2/c1-4-13-5-6-15(9-13,11-17)16(18)7-8-19-14(10-16)12(2)3/h12-14,18H,4-11,17H2,1-3H3. The van der Waals surface area contributed by atoms with Crippen molar-refractivity contribution < 1.29 is 9.84 Å². The summed E-state index contributed by atoms with van der Waals surface area (Å²) in [5.74, 6) is 1.21. The number of ether oxygens (including phenoxy) is 1. The molecule has 1 saturated heterocycles. The fourth-order valence-corrected chi connectivity index (χ4v) is 4.17. The van der Waals surface area contributed by atoms with Crippen LogP contribution in [0.2, 0.25) is 0 Å². The monoisotopic (exact) mass is 269 g/mol. The van der Waals surface area contributed by atoms with Gasteiger partial charge in [-0.15, -0.1) is 0 Å². The van der Waals surface area contributed by atoms with Crippen molar-refractivity contribution >= 4 is 0 Å². The number of hydrogen-bond acceptors (Lipinski definition) is 3. The topological polar surface area (TPSA) is 55.5 Å². The first kappa shape index (κ1) is 15.3. The summed E-state index contributed by atoms with van der Waals surface area (Å²) in [6.07, 6.45) is 6.32. The number of nitrogens with two attached hydrogens (primary N) is 1. The Morgan fingerprint density at radius 3 is 2.58 bits per heavy atom. The molecule has 1 aliphatic carbocycles. The van der Waals surface area contributed by atoms with E-state index in [0.717, 1.165) is 31.6 Å². The van der Waals surface area contributed by atoms with E-state index in [2.05, 4.69) is 20.8 Å². The Bertz CT molecular complexity index is 307. The lowest BCUT2D eigenvalue weighted by atomic mass is 9.64. The third-order valence-electron chi connectivity index (χ3n) is 5.80. The van der Waals surface area contributed by atoms with Crippen LogP contribution in [0.5, 0.6) is 0 Å². The minimum absolute atomic E-state index is 0.0649. The fourth-order valence-electron chi connectivity index (χ4n) is 4.17. The Balaban J connectivity index is 2.17. The first-order valence-corrected chi connectivity index (χ1v) is 8.00. The van der Waals surface area contributed by atoms with Gasteiger partial charge in [-0.2, -0.15) is 0 Å². The molecular formula is C16H31NO2. The first-order chi connectivity index (χ1) is 8.96. The largest absolute Gasteiger partial charge is 0.389 e. The highest BCUT2D eigenvalue weighted by Crippen LogP contribution is 2.53. The Morgan fingerprint density at radius 2 is 2.05 bits per heavy atom. The molecule has 4 atom stereocenters. The van der Waals surface area contributed by atoms with Crippen LogP contribution in [0.4, 0.5) is 0 Å². The van der Waals surface area contributed by atoms with Crippen LogP contribution < -0.4 is 5.73 Å². The SMILES string of the molecule is CCC1CCC(CN)(C2(O)CCOC(C(C)C)C2)C1. The minimum atomic E-state index is -0.612. The predicted octanol–water partition coefficient (Wildman–Crippen LogP) is 2.71. The van der Waals surface area contributed by atoms with Crippen molar-refractivity contribution in [3.05, 3.63) is 0 Å². The zero-order valence-electron chi connectivity index (χ0n) is 12.8. The van der Waals surface area contributed by atoms with Crippen molar-refractivity contribution in [1.29, 1.82) is 0 Å². The minimum Gasteiger partial charge on any atom is -0.389 e. The molecule has 2 aliphatic rings. The molecule has 0 bridgehead atoms. The molecule has 0 aromatic carbocycles. The highest BCUT2D eigenvalue weighted by molar-refractivity contribution is 5.06. The van der Waals surface area contributed by atoms with Crippen molar-refractivity contribution in [2.24, 2.45) is 23.0 Å². The summed E-state index contributed by atoms with van der Waals surface area (Å²) >= 11 is 0. The normalized spacial score (nSPS) is 43.9. The Morgan fingerprint density at radius 1 is 1.32 bits per heavy atom. The van der Waals surface area contributed by atoms with Gasteiger partial charge in [0.05, 0.1) is 11.7 Å².